The predicted octanol–water partition coefficient (Wildman–Crippen LogP) is 4.53. The molecule has 0 saturated carbocycles. The molecule has 0 saturated heterocycles. The molecule has 0 aliphatic carbocycles. The Hall–Kier alpha value is -3.21. The number of nitriles is 1. The minimum atomic E-state index is -4.71. The molecule has 128 valence electrons. The van der Waals surface area contributed by atoms with Crippen LogP contribution in [-0.4, -0.2) is 5.91 Å². The molecule has 0 aliphatic heterocycles. The Morgan fingerprint density at radius 1 is 1.12 bits per heavy atom. The van der Waals surface area contributed by atoms with Crippen LogP contribution in [0.25, 0.3) is 6.08 Å². The van der Waals surface area contributed by atoms with Gasteiger partial charge >= 0.3 is 6.18 Å². The van der Waals surface area contributed by atoms with Crippen LogP contribution in [-0.2, 0) is 11.0 Å². The lowest BCUT2D eigenvalue weighted by Gasteiger charge is -2.13. The fourth-order valence-electron chi connectivity index (χ4n) is 1.96. The predicted molar refractivity (Wildman–Crippen MR) is 80.0 cm³/mol. The second-order valence-electron chi connectivity index (χ2n) is 4.83. The molecule has 2 aromatic carbocycles. The van der Waals surface area contributed by atoms with Crippen LogP contribution in [0.15, 0.2) is 48.0 Å². The number of nitrogens with zero attached hydrogens (tertiary/aromatic N) is 1. The van der Waals surface area contributed by atoms with Crippen LogP contribution in [0.3, 0.4) is 0 Å². The van der Waals surface area contributed by atoms with Gasteiger partial charge in [0.2, 0.25) is 0 Å². The monoisotopic (exact) mass is 352 g/mol. The fraction of sp³-hybridized carbons (Fsp3) is 0.0588. The number of anilines is 1. The number of hydrogen-bond acceptors (Lipinski definition) is 2. The smallest absolute Gasteiger partial charge is 0.321 e. The van der Waals surface area contributed by atoms with E-state index in [-0.39, 0.29) is 5.56 Å². The maximum Gasteiger partial charge on any atom is 0.418 e. The zero-order chi connectivity index (χ0) is 18.6. The number of para-hydroxylation sites is 1. The van der Waals surface area contributed by atoms with Gasteiger partial charge in [-0.2, -0.15) is 18.4 Å². The molecule has 0 heterocycles. The van der Waals surface area contributed by atoms with Crippen molar-refractivity contribution in [2.75, 3.05) is 5.32 Å². The van der Waals surface area contributed by atoms with Crippen molar-refractivity contribution in [2.24, 2.45) is 0 Å². The number of carbonyl (C=O) groups is 1. The molecule has 1 amide bonds. The topological polar surface area (TPSA) is 52.9 Å². The van der Waals surface area contributed by atoms with E-state index in [1.165, 1.54) is 12.1 Å². The van der Waals surface area contributed by atoms with E-state index in [2.05, 4.69) is 0 Å². The van der Waals surface area contributed by atoms with Crippen molar-refractivity contribution in [3.8, 4) is 6.07 Å². The normalized spacial score (nSPS) is 11.8. The number of nitrogens with one attached hydrogen (secondary N) is 1. The number of carbonyl (C=O) groups excluding carboxylic acids is 1. The second-order valence-corrected chi connectivity index (χ2v) is 4.83. The summed E-state index contributed by atoms with van der Waals surface area (Å²) in [5, 5.41) is 11.0. The van der Waals surface area contributed by atoms with Crippen molar-refractivity contribution >= 4 is 17.7 Å². The van der Waals surface area contributed by atoms with Crippen LogP contribution in [0.2, 0.25) is 0 Å². The lowest BCUT2D eigenvalue weighted by atomic mass is 10.1. The molecule has 8 heteroatoms. The van der Waals surface area contributed by atoms with Gasteiger partial charge in [0.1, 0.15) is 23.3 Å². The molecular formula is C17H9F5N2O. The van der Waals surface area contributed by atoms with Gasteiger partial charge in [0.25, 0.3) is 5.91 Å². The molecule has 0 atom stereocenters. The molecule has 2 aromatic rings. The minimum absolute atomic E-state index is 0.379. The minimum Gasteiger partial charge on any atom is -0.321 e. The average molecular weight is 352 g/mol. The Kier molecular flexibility index (Phi) is 5.17. The lowest BCUT2D eigenvalue weighted by Crippen LogP contribution is -2.17. The molecule has 1 N–H and O–H groups in total. The largest absolute Gasteiger partial charge is 0.418 e. The first-order valence-corrected chi connectivity index (χ1v) is 6.77. The van der Waals surface area contributed by atoms with E-state index in [9.17, 15) is 26.7 Å². The number of alkyl halides is 3. The molecule has 3 nitrogen and oxygen atoms in total. The molecule has 0 radical (unpaired) electrons. The van der Waals surface area contributed by atoms with E-state index in [0.29, 0.717) is 0 Å². The Morgan fingerprint density at radius 2 is 1.80 bits per heavy atom. The van der Waals surface area contributed by atoms with Crippen LogP contribution in [0.4, 0.5) is 27.6 Å². The summed E-state index contributed by atoms with van der Waals surface area (Å²) in [7, 11) is 0. The Labute approximate surface area is 139 Å². The van der Waals surface area contributed by atoms with Crippen molar-refractivity contribution in [1.82, 2.24) is 0 Å². The highest BCUT2D eigenvalue weighted by atomic mass is 19.4. The molecule has 0 fully saturated rings. The van der Waals surface area contributed by atoms with E-state index < -0.39 is 40.5 Å². The standard InChI is InChI=1S/C17H9F5N2O/c18-12-5-6-14(19)10(8-12)7-11(9-23)16(25)24-15-4-2-1-3-13(15)17(20,21)22/h1-8H,(H,24,25)/b11-7+. The zero-order valence-corrected chi connectivity index (χ0v) is 12.4. The van der Waals surface area contributed by atoms with E-state index in [4.69, 9.17) is 5.26 Å². The highest BCUT2D eigenvalue weighted by Crippen LogP contribution is 2.34. The third-order valence-electron chi connectivity index (χ3n) is 3.10. The summed E-state index contributed by atoms with van der Waals surface area (Å²) in [6, 6.07) is 8.04. The summed E-state index contributed by atoms with van der Waals surface area (Å²) in [6.45, 7) is 0. The van der Waals surface area contributed by atoms with Crippen LogP contribution in [0.1, 0.15) is 11.1 Å². The fourth-order valence-corrected chi connectivity index (χ4v) is 1.96. The summed E-state index contributed by atoms with van der Waals surface area (Å²) in [5.74, 6) is -2.87. The molecule has 0 bridgehead atoms. The molecule has 0 spiro atoms. The van der Waals surface area contributed by atoms with Crippen molar-refractivity contribution in [2.45, 2.75) is 6.18 Å². The highest BCUT2D eigenvalue weighted by molar-refractivity contribution is 6.10. The van der Waals surface area contributed by atoms with Gasteiger partial charge in [-0.3, -0.25) is 4.79 Å². The number of hydrogen-bond donors (Lipinski definition) is 1. The molecule has 0 unspecified atom stereocenters. The molecular weight excluding hydrogens is 343 g/mol. The van der Waals surface area contributed by atoms with Gasteiger partial charge in [0, 0.05) is 5.56 Å². The Bertz CT molecular complexity index is 881. The van der Waals surface area contributed by atoms with Gasteiger partial charge in [-0.05, 0) is 36.4 Å². The molecule has 2 rings (SSSR count). The van der Waals surface area contributed by atoms with Crippen LogP contribution >= 0.6 is 0 Å². The van der Waals surface area contributed by atoms with E-state index >= 15 is 0 Å². The third-order valence-corrected chi connectivity index (χ3v) is 3.10. The van der Waals surface area contributed by atoms with Crippen molar-refractivity contribution < 1.29 is 26.7 Å². The van der Waals surface area contributed by atoms with Crippen molar-refractivity contribution in [1.29, 1.82) is 5.26 Å². The average Bonchev–Trinajstić information content (AvgIpc) is 2.55. The molecule has 0 aromatic heterocycles. The number of amides is 1. The lowest BCUT2D eigenvalue weighted by molar-refractivity contribution is -0.137. The summed E-state index contributed by atoms with van der Waals surface area (Å²) < 4.78 is 65.4. The first-order valence-electron chi connectivity index (χ1n) is 6.77. The van der Waals surface area contributed by atoms with Gasteiger partial charge in [0.15, 0.2) is 0 Å². The Morgan fingerprint density at radius 3 is 2.44 bits per heavy atom. The summed E-state index contributed by atoms with van der Waals surface area (Å²) in [4.78, 5) is 12.0. The van der Waals surface area contributed by atoms with Crippen molar-refractivity contribution in [3.05, 3.63) is 70.8 Å². The van der Waals surface area contributed by atoms with E-state index in [1.54, 1.807) is 0 Å². The van der Waals surface area contributed by atoms with Crippen molar-refractivity contribution in [3.63, 3.8) is 0 Å². The van der Waals surface area contributed by atoms with Gasteiger partial charge in [-0.15, -0.1) is 0 Å². The number of benzene rings is 2. The number of halogens is 5. The summed E-state index contributed by atoms with van der Waals surface area (Å²) in [5.41, 5.74) is -2.71. The van der Waals surface area contributed by atoms with E-state index in [0.717, 1.165) is 42.5 Å². The van der Waals surface area contributed by atoms with Crippen LogP contribution in [0.5, 0.6) is 0 Å². The Balaban J connectivity index is 2.35. The van der Waals surface area contributed by atoms with Gasteiger partial charge < -0.3 is 5.32 Å². The van der Waals surface area contributed by atoms with Crippen LogP contribution in [0, 0.1) is 23.0 Å². The SMILES string of the molecule is N#C/C(=C\c1cc(F)ccc1F)C(=O)Nc1ccccc1C(F)(F)F. The number of rotatable bonds is 3. The van der Waals surface area contributed by atoms with Gasteiger partial charge in [-0.1, -0.05) is 12.1 Å². The van der Waals surface area contributed by atoms with Gasteiger partial charge in [0.05, 0.1) is 11.3 Å². The maximum absolute atomic E-state index is 13.6. The molecule has 0 aliphatic rings. The first kappa shape index (κ1) is 18.1. The van der Waals surface area contributed by atoms with Crippen LogP contribution < -0.4 is 5.32 Å². The zero-order valence-electron chi connectivity index (χ0n) is 12.4. The quantitative estimate of drug-likeness (QED) is 0.501. The summed E-state index contributed by atoms with van der Waals surface area (Å²) in [6.07, 6.45) is -3.96. The first-order chi connectivity index (χ1) is 11.7. The third kappa shape index (κ3) is 4.41. The second kappa shape index (κ2) is 7.13. The molecule has 25 heavy (non-hydrogen) atoms. The van der Waals surface area contributed by atoms with Gasteiger partial charge in [-0.25, -0.2) is 8.78 Å². The van der Waals surface area contributed by atoms with E-state index in [1.807, 2.05) is 5.32 Å². The summed E-state index contributed by atoms with van der Waals surface area (Å²) >= 11 is 0. The highest BCUT2D eigenvalue weighted by Gasteiger charge is 2.33. The maximum atomic E-state index is 13.6.